The van der Waals surface area contributed by atoms with Gasteiger partial charge in [0.1, 0.15) is 0 Å². The summed E-state index contributed by atoms with van der Waals surface area (Å²) < 4.78 is 0. The van der Waals surface area contributed by atoms with Crippen LogP contribution in [-0.2, 0) is 10.2 Å². The minimum atomic E-state index is -0.446. The van der Waals surface area contributed by atoms with E-state index in [1.807, 2.05) is 24.3 Å². The maximum Gasteiger partial charge on any atom is 0.269 e. The van der Waals surface area contributed by atoms with Crippen LogP contribution in [0.5, 0.6) is 0 Å². The Labute approximate surface area is 142 Å². The Hall–Kier alpha value is -2.69. The lowest BCUT2D eigenvalue weighted by molar-refractivity contribution is -0.384. The van der Waals surface area contributed by atoms with E-state index in [0.29, 0.717) is 12.1 Å². The summed E-state index contributed by atoms with van der Waals surface area (Å²) in [7, 11) is 0. The van der Waals surface area contributed by atoms with Gasteiger partial charge in [-0.2, -0.15) is 0 Å². The van der Waals surface area contributed by atoms with Gasteiger partial charge in [0, 0.05) is 24.2 Å². The van der Waals surface area contributed by atoms with Crippen LogP contribution in [0.15, 0.2) is 48.5 Å². The maximum absolute atomic E-state index is 12.6. The largest absolute Gasteiger partial charge is 0.281 e. The number of carbonyl (C=O) groups excluding carboxylic acids is 1. The highest BCUT2D eigenvalue weighted by Crippen LogP contribution is 2.36. The molecule has 0 aliphatic heterocycles. The van der Waals surface area contributed by atoms with Crippen LogP contribution in [0.25, 0.3) is 0 Å². The van der Waals surface area contributed by atoms with E-state index >= 15 is 0 Å². The van der Waals surface area contributed by atoms with Crippen molar-refractivity contribution in [3.63, 3.8) is 0 Å². The second-order valence-corrected chi connectivity index (χ2v) is 6.62. The van der Waals surface area contributed by atoms with E-state index in [-0.39, 0.29) is 17.0 Å². The number of nitro benzene ring substituents is 1. The highest BCUT2D eigenvalue weighted by molar-refractivity contribution is 6.01. The van der Waals surface area contributed by atoms with Gasteiger partial charge >= 0.3 is 0 Å². The summed E-state index contributed by atoms with van der Waals surface area (Å²) in [6, 6.07) is 13.8. The van der Waals surface area contributed by atoms with E-state index in [1.165, 1.54) is 12.1 Å². The van der Waals surface area contributed by atoms with Gasteiger partial charge in [-0.3, -0.25) is 19.8 Å². The molecule has 2 aromatic rings. The molecule has 0 fully saturated rings. The Kier molecular flexibility index (Phi) is 5.02. The molecule has 0 spiro atoms. The quantitative estimate of drug-likeness (QED) is 0.589. The monoisotopic (exact) mass is 326 g/mol. The third-order valence-corrected chi connectivity index (χ3v) is 3.82. The molecule has 0 radical (unpaired) electrons. The Bertz CT molecular complexity index is 746. The zero-order valence-electron chi connectivity index (χ0n) is 14.4. The van der Waals surface area contributed by atoms with E-state index in [2.05, 4.69) is 20.8 Å². The number of non-ortho nitro benzene ring substituents is 1. The van der Waals surface area contributed by atoms with Crippen LogP contribution >= 0.6 is 0 Å². The number of rotatable bonds is 4. The average molecular weight is 326 g/mol. The van der Waals surface area contributed by atoms with Gasteiger partial charge in [-0.05, 0) is 29.2 Å². The van der Waals surface area contributed by atoms with Crippen molar-refractivity contribution in [1.29, 1.82) is 0 Å². The van der Waals surface area contributed by atoms with Crippen molar-refractivity contribution in [3.8, 4) is 0 Å². The van der Waals surface area contributed by atoms with Crippen LogP contribution in [0.4, 0.5) is 17.1 Å². The van der Waals surface area contributed by atoms with Crippen LogP contribution in [-0.4, -0.2) is 10.8 Å². The first-order valence-electron chi connectivity index (χ1n) is 7.92. The Morgan fingerprint density at radius 1 is 1.08 bits per heavy atom. The number of anilines is 2. The summed E-state index contributed by atoms with van der Waals surface area (Å²) >= 11 is 0. The topological polar surface area (TPSA) is 63.5 Å². The minimum absolute atomic E-state index is 0.00625. The molecule has 24 heavy (non-hydrogen) atoms. The van der Waals surface area contributed by atoms with Crippen molar-refractivity contribution < 1.29 is 9.72 Å². The van der Waals surface area contributed by atoms with Crippen molar-refractivity contribution in [2.45, 2.75) is 39.5 Å². The standard InChI is InChI=1S/C19H22N2O3/c1-5-18(22)20(14-10-12-15(13-11-14)21(23)24)17-9-7-6-8-16(17)19(2,3)4/h6-13H,5H2,1-4H3. The molecule has 0 N–H and O–H groups in total. The van der Waals surface area contributed by atoms with Crippen molar-refractivity contribution in [2.75, 3.05) is 4.90 Å². The molecule has 1 amide bonds. The summed E-state index contributed by atoms with van der Waals surface area (Å²) in [6.45, 7) is 8.09. The van der Waals surface area contributed by atoms with Crippen LogP contribution in [0.1, 0.15) is 39.7 Å². The predicted molar refractivity (Wildman–Crippen MR) is 95.7 cm³/mol. The average Bonchev–Trinajstić information content (AvgIpc) is 2.55. The zero-order chi connectivity index (χ0) is 17.9. The second kappa shape index (κ2) is 6.83. The number of benzene rings is 2. The SMILES string of the molecule is CCC(=O)N(c1ccc([N+](=O)[O-])cc1)c1ccccc1C(C)(C)C. The highest BCUT2D eigenvalue weighted by atomic mass is 16.6. The Balaban J connectivity index is 2.59. The smallest absolute Gasteiger partial charge is 0.269 e. The van der Waals surface area contributed by atoms with Crippen LogP contribution in [0.3, 0.4) is 0 Å². The van der Waals surface area contributed by atoms with Gasteiger partial charge in [-0.1, -0.05) is 45.9 Å². The molecule has 0 aromatic heterocycles. The number of nitrogens with zero attached hydrogens (tertiary/aromatic N) is 2. The van der Waals surface area contributed by atoms with E-state index in [0.717, 1.165) is 11.3 Å². The van der Waals surface area contributed by atoms with Gasteiger partial charge < -0.3 is 0 Å². The van der Waals surface area contributed by atoms with E-state index < -0.39 is 4.92 Å². The number of nitro groups is 1. The number of hydrogen-bond acceptors (Lipinski definition) is 3. The summed E-state index contributed by atoms with van der Waals surface area (Å²) in [5, 5.41) is 10.9. The third-order valence-electron chi connectivity index (χ3n) is 3.82. The lowest BCUT2D eigenvalue weighted by Gasteiger charge is -2.30. The molecule has 0 unspecified atom stereocenters. The summed E-state index contributed by atoms with van der Waals surface area (Å²) in [5.41, 5.74) is 2.36. The fraction of sp³-hybridized carbons (Fsp3) is 0.316. The van der Waals surface area contributed by atoms with Gasteiger partial charge in [-0.25, -0.2) is 0 Å². The van der Waals surface area contributed by atoms with Crippen LogP contribution in [0.2, 0.25) is 0 Å². The summed E-state index contributed by atoms with van der Waals surface area (Å²) in [6.07, 6.45) is 0.343. The molecule has 2 aromatic carbocycles. The molecule has 5 heteroatoms. The first kappa shape index (κ1) is 17.7. The van der Waals surface area contributed by atoms with Gasteiger partial charge in [0.2, 0.25) is 5.91 Å². The first-order valence-corrected chi connectivity index (χ1v) is 7.92. The van der Waals surface area contributed by atoms with Crippen molar-refractivity contribution >= 4 is 23.0 Å². The molecule has 0 saturated heterocycles. The Morgan fingerprint density at radius 3 is 2.17 bits per heavy atom. The maximum atomic E-state index is 12.6. The number of para-hydroxylation sites is 1. The van der Waals surface area contributed by atoms with E-state index in [1.54, 1.807) is 24.0 Å². The predicted octanol–water partition coefficient (Wildman–Crippen LogP) is 4.97. The molecule has 5 nitrogen and oxygen atoms in total. The fourth-order valence-electron chi connectivity index (χ4n) is 2.60. The third kappa shape index (κ3) is 3.62. The molecular formula is C19H22N2O3. The van der Waals surface area contributed by atoms with Crippen molar-refractivity contribution in [1.82, 2.24) is 0 Å². The van der Waals surface area contributed by atoms with E-state index in [4.69, 9.17) is 0 Å². The molecule has 0 heterocycles. The molecule has 0 atom stereocenters. The highest BCUT2D eigenvalue weighted by Gasteiger charge is 2.25. The molecule has 0 saturated carbocycles. The van der Waals surface area contributed by atoms with Gasteiger partial charge in [0.15, 0.2) is 0 Å². The molecule has 0 aliphatic carbocycles. The van der Waals surface area contributed by atoms with Gasteiger partial charge in [0.05, 0.1) is 10.6 Å². The van der Waals surface area contributed by atoms with Crippen LogP contribution < -0.4 is 4.90 Å². The zero-order valence-corrected chi connectivity index (χ0v) is 14.4. The minimum Gasteiger partial charge on any atom is -0.281 e. The van der Waals surface area contributed by atoms with E-state index in [9.17, 15) is 14.9 Å². The molecule has 126 valence electrons. The number of carbonyl (C=O) groups is 1. The lowest BCUT2D eigenvalue weighted by Crippen LogP contribution is -2.28. The summed E-state index contributed by atoms with van der Waals surface area (Å²) in [4.78, 5) is 24.7. The lowest BCUT2D eigenvalue weighted by atomic mass is 9.85. The van der Waals surface area contributed by atoms with Crippen molar-refractivity contribution in [3.05, 3.63) is 64.2 Å². The van der Waals surface area contributed by atoms with Gasteiger partial charge in [0.25, 0.3) is 5.69 Å². The molecule has 2 rings (SSSR count). The van der Waals surface area contributed by atoms with Crippen LogP contribution in [0, 0.1) is 10.1 Å². The van der Waals surface area contributed by atoms with Crippen molar-refractivity contribution in [2.24, 2.45) is 0 Å². The number of hydrogen-bond donors (Lipinski definition) is 0. The molecule has 0 aliphatic rings. The first-order chi connectivity index (χ1) is 11.3. The second-order valence-electron chi connectivity index (χ2n) is 6.62. The summed E-state index contributed by atoms with van der Waals surface area (Å²) in [5.74, 6) is -0.0550. The normalized spacial score (nSPS) is 11.2. The molecular weight excluding hydrogens is 304 g/mol. The number of amides is 1. The Morgan fingerprint density at radius 2 is 1.67 bits per heavy atom. The fourth-order valence-corrected chi connectivity index (χ4v) is 2.60. The molecule has 0 bridgehead atoms. The van der Waals surface area contributed by atoms with Gasteiger partial charge in [-0.15, -0.1) is 0 Å².